The van der Waals surface area contributed by atoms with Crippen LogP contribution in [0, 0.1) is 36.5 Å². The van der Waals surface area contributed by atoms with Crippen LogP contribution in [0.1, 0.15) is 64.3 Å². The first kappa shape index (κ1) is 32.3. The van der Waals surface area contributed by atoms with Crippen LogP contribution in [0.4, 0.5) is 5.69 Å². The van der Waals surface area contributed by atoms with Crippen LogP contribution in [0.3, 0.4) is 0 Å². The first-order chi connectivity index (χ1) is 22.2. The van der Waals surface area contributed by atoms with Crippen LogP contribution in [-0.4, -0.2) is 64.4 Å². The minimum Gasteiger partial charge on any atom is -0.475 e. The second-order valence-corrected chi connectivity index (χ2v) is 12.1. The summed E-state index contributed by atoms with van der Waals surface area (Å²) in [5.41, 5.74) is 5.22. The van der Waals surface area contributed by atoms with Crippen molar-refractivity contribution in [3.8, 4) is 12.1 Å². The summed E-state index contributed by atoms with van der Waals surface area (Å²) in [4.78, 5) is 33.5. The summed E-state index contributed by atoms with van der Waals surface area (Å²) in [6.07, 6.45) is 3.74. The van der Waals surface area contributed by atoms with Crippen LogP contribution >= 0.6 is 0 Å². The Morgan fingerprint density at radius 1 is 0.870 bits per heavy atom. The van der Waals surface area contributed by atoms with Crippen LogP contribution in [0.2, 0.25) is 0 Å². The van der Waals surface area contributed by atoms with Crippen molar-refractivity contribution in [2.45, 2.75) is 59.2 Å². The third kappa shape index (κ3) is 7.96. The second-order valence-electron chi connectivity index (χ2n) is 12.1. The number of furan rings is 1. The number of carboxylic acid groups (broad SMARTS) is 1. The maximum Gasteiger partial charge on any atom is 0.371 e. The van der Waals surface area contributed by atoms with Gasteiger partial charge < -0.3 is 24.2 Å². The molecule has 0 atom stereocenters. The molecular weight excluding hydrogens is 580 g/mol. The maximum atomic E-state index is 14.0. The lowest BCUT2D eigenvalue weighted by Crippen LogP contribution is -2.34. The number of amides is 1. The Bertz CT molecular complexity index is 1650. The lowest BCUT2D eigenvalue weighted by atomic mass is 10.1. The van der Waals surface area contributed by atoms with Crippen LogP contribution in [0.15, 0.2) is 70.4 Å². The van der Waals surface area contributed by atoms with Crippen molar-refractivity contribution in [2.75, 3.05) is 37.6 Å². The Balaban J connectivity index is 1.36. The molecule has 10 nitrogen and oxygen atoms in total. The Morgan fingerprint density at radius 3 is 2.26 bits per heavy atom. The molecule has 0 unspecified atom stereocenters. The molecule has 10 heteroatoms. The summed E-state index contributed by atoms with van der Waals surface area (Å²) in [7, 11) is 0. The lowest BCUT2D eigenvalue weighted by Gasteiger charge is -2.28. The molecule has 0 bridgehead atoms. The predicted molar refractivity (Wildman–Crippen MR) is 173 cm³/mol. The second kappa shape index (κ2) is 14.8. The number of aryl methyl sites for hydroxylation is 2. The highest BCUT2D eigenvalue weighted by Crippen LogP contribution is 2.27. The minimum absolute atomic E-state index is 0.0216. The summed E-state index contributed by atoms with van der Waals surface area (Å²) < 4.78 is 5.54. The van der Waals surface area contributed by atoms with Crippen LogP contribution < -0.4 is 4.90 Å². The topological polar surface area (TPSA) is 128 Å². The number of likely N-dealkylation sites (tertiary alicyclic amines) is 1. The molecule has 2 fully saturated rings. The highest BCUT2D eigenvalue weighted by Gasteiger charge is 2.30. The molecule has 1 amide bonds. The van der Waals surface area contributed by atoms with Gasteiger partial charge in [-0.05, 0) is 75.2 Å². The number of rotatable bonds is 11. The summed E-state index contributed by atoms with van der Waals surface area (Å²) in [6, 6.07) is 21.3. The van der Waals surface area contributed by atoms with Crippen molar-refractivity contribution in [1.29, 1.82) is 10.5 Å². The number of aromatic carboxylic acids is 1. The van der Waals surface area contributed by atoms with Gasteiger partial charge >= 0.3 is 5.97 Å². The summed E-state index contributed by atoms with van der Waals surface area (Å²) in [6.45, 7) is 9.13. The highest BCUT2D eigenvalue weighted by atomic mass is 16.4. The van der Waals surface area contributed by atoms with E-state index in [-0.39, 0.29) is 30.2 Å². The van der Waals surface area contributed by atoms with Gasteiger partial charge in [0.2, 0.25) is 11.7 Å². The van der Waals surface area contributed by atoms with Crippen LogP contribution in [-0.2, 0) is 24.4 Å². The molecule has 2 aliphatic heterocycles. The molecule has 3 aromatic rings. The molecular formula is C36H40N6O4. The number of anilines is 1. The molecule has 0 saturated carbocycles. The number of carbonyl (C=O) groups is 2. The fraction of sp³-hybridized carbons (Fsp3) is 0.389. The van der Waals surface area contributed by atoms with Crippen molar-refractivity contribution in [3.63, 3.8) is 0 Å². The van der Waals surface area contributed by atoms with E-state index >= 15 is 0 Å². The monoisotopic (exact) mass is 620 g/mol. The zero-order valence-electron chi connectivity index (χ0n) is 26.5. The highest BCUT2D eigenvalue weighted by molar-refractivity contribution is 5.93. The van der Waals surface area contributed by atoms with Gasteiger partial charge in [-0.25, -0.2) is 4.79 Å². The van der Waals surface area contributed by atoms with E-state index in [0.717, 1.165) is 41.9 Å². The molecule has 0 spiro atoms. The number of piperidine rings is 1. The van der Waals surface area contributed by atoms with E-state index in [2.05, 4.69) is 41.3 Å². The molecule has 2 aromatic carbocycles. The summed E-state index contributed by atoms with van der Waals surface area (Å²) >= 11 is 0. The van der Waals surface area contributed by atoms with Gasteiger partial charge in [-0.15, -0.1) is 0 Å². The molecule has 1 N–H and O–H groups in total. The quantitative estimate of drug-likeness (QED) is 0.273. The van der Waals surface area contributed by atoms with E-state index in [4.69, 9.17) is 4.42 Å². The molecule has 3 heterocycles. The average molecular weight is 621 g/mol. The average Bonchev–Trinajstić information content (AvgIpc) is 3.67. The van der Waals surface area contributed by atoms with Gasteiger partial charge in [0.1, 0.15) is 23.7 Å². The Kier molecular flexibility index (Phi) is 10.4. The number of hydrogen-bond acceptors (Lipinski definition) is 8. The van der Waals surface area contributed by atoms with E-state index in [1.165, 1.54) is 25.3 Å². The minimum atomic E-state index is -1.17. The third-order valence-corrected chi connectivity index (χ3v) is 8.50. The first-order valence-corrected chi connectivity index (χ1v) is 15.8. The zero-order valence-corrected chi connectivity index (χ0v) is 26.5. The molecule has 2 aliphatic rings. The number of allylic oxidation sites excluding steroid dienone is 1. The van der Waals surface area contributed by atoms with Crippen LogP contribution in [0.5, 0.6) is 0 Å². The van der Waals surface area contributed by atoms with E-state index in [0.29, 0.717) is 43.4 Å². The van der Waals surface area contributed by atoms with Crippen molar-refractivity contribution < 1.29 is 19.1 Å². The van der Waals surface area contributed by atoms with Gasteiger partial charge in [-0.3, -0.25) is 9.69 Å². The predicted octanol–water partition coefficient (Wildman–Crippen LogP) is 5.58. The number of hydrogen-bond donors (Lipinski definition) is 1. The number of carbonyl (C=O) groups excluding carboxylic acids is 1. The van der Waals surface area contributed by atoms with Crippen molar-refractivity contribution in [2.24, 2.45) is 0 Å². The largest absolute Gasteiger partial charge is 0.475 e. The molecule has 1 aromatic heterocycles. The Labute approximate surface area is 270 Å². The van der Waals surface area contributed by atoms with Crippen molar-refractivity contribution in [1.82, 2.24) is 14.7 Å². The number of nitriles is 2. The van der Waals surface area contributed by atoms with E-state index in [1.807, 2.05) is 41.8 Å². The first-order valence-electron chi connectivity index (χ1n) is 15.8. The van der Waals surface area contributed by atoms with E-state index in [9.17, 15) is 25.2 Å². The molecule has 0 aliphatic carbocycles. The molecule has 46 heavy (non-hydrogen) atoms. The third-order valence-electron chi connectivity index (χ3n) is 8.50. The Morgan fingerprint density at radius 2 is 1.59 bits per heavy atom. The number of nitrogens with zero attached hydrogens (tertiary/aromatic N) is 6. The van der Waals surface area contributed by atoms with Gasteiger partial charge in [0.05, 0.1) is 6.54 Å². The van der Waals surface area contributed by atoms with Crippen molar-refractivity contribution in [3.05, 3.63) is 99.8 Å². The Hall–Kier alpha value is -5.06. The summed E-state index contributed by atoms with van der Waals surface area (Å²) in [5, 5.41) is 29.0. The number of benzene rings is 2. The van der Waals surface area contributed by atoms with Gasteiger partial charge in [-0.1, -0.05) is 47.9 Å². The zero-order chi connectivity index (χ0) is 32.6. The van der Waals surface area contributed by atoms with Gasteiger partial charge in [0.25, 0.3) is 0 Å². The maximum absolute atomic E-state index is 14.0. The smallest absolute Gasteiger partial charge is 0.371 e. The lowest BCUT2D eigenvalue weighted by molar-refractivity contribution is -0.119. The fourth-order valence-corrected chi connectivity index (χ4v) is 6.47. The van der Waals surface area contributed by atoms with Crippen molar-refractivity contribution >= 4 is 17.6 Å². The van der Waals surface area contributed by atoms with Gasteiger partial charge in [0, 0.05) is 44.8 Å². The van der Waals surface area contributed by atoms with Gasteiger partial charge in [-0.2, -0.15) is 10.5 Å². The molecule has 238 valence electrons. The normalized spacial score (nSPS) is 15.0. The number of carboxylic acids is 1. The molecule has 5 rings (SSSR count). The van der Waals surface area contributed by atoms with E-state index in [1.54, 1.807) is 11.0 Å². The molecule has 0 radical (unpaired) electrons. The van der Waals surface area contributed by atoms with E-state index < -0.39 is 5.97 Å². The molecule has 2 saturated heterocycles. The standard InChI is InChI=1S/C36H40N6O4/c1-26-17-27(2)19-29(18-26)24-41-16-15-40(35(41)30(21-37)22-38)14-11-34(43)42(25-32-9-10-33(46-32)36(44)45)31-8-6-7-28(20-31)23-39-12-4-3-5-13-39/h6-10,17-20H,3-5,11-16,23-25H2,1-2H3,(H,44,45). The summed E-state index contributed by atoms with van der Waals surface area (Å²) in [5.74, 6) is -0.616. The van der Waals surface area contributed by atoms with Crippen LogP contribution in [0.25, 0.3) is 0 Å². The van der Waals surface area contributed by atoms with Gasteiger partial charge in [0.15, 0.2) is 5.57 Å². The SMILES string of the molecule is Cc1cc(C)cc(CN2CCN(CCC(=O)N(Cc3ccc(C(=O)O)o3)c3cccc(CN4CCCCC4)c3)C2=C(C#N)C#N)c1. The fourth-order valence-electron chi connectivity index (χ4n) is 6.47.